The van der Waals surface area contributed by atoms with Crippen LogP contribution in [-0.2, 0) is 17.8 Å². The molecule has 0 fully saturated rings. The fraction of sp³-hybridized carbons (Fsp3) is 0.400. The van der Waals surface area contributed by atoms with Crippen molar-refractivity contribution in [1.82, 2.24) is 14.1 Å². The predicted molar refractivity (Wildman–Crippen MR) is 106 cm³/mol. The third kappa shape index (κ3) is 3.57. The molecule has 3 aromatic rings. The number of hydrogen-bond acceptors (Lipinski definition) is 4. The molecule has 26 heavy (non-hydrogen) atoms. The summed E-state index contributed by atoms with van der Waals surface area (Å²) in [6, 6.07) is 10.0. The quantitative estimate of drug-likeness (QED) is 0.442. The number of thioether (sulfide) groups is 1. The van der Waals surface area contributed by atoms with E-state index in [9.17, 15) is 4.79 Å². The van der Waals surface area contributed by atoms with Crippen molar-refractivity contribution < 1.29 is 9.53 Å². The summed E-state index contributed by atoms with van der Waals surface area (Å²) in [5.74, 6) is 0.526. The molecule has 0 aliphatic heterocycles. The second kappa shape index (κ2) is 8.10. The summed E-state index contributed by atoms with van der Waals surface area (Å²) in [6.07, 6.45) is 0. The van der Waals surface area contributed by atoms with Crippen molar-refractivity contribution >= 4 is 28.6 Å². The molecule has 5 nitrogen and oxygen atoms in total. The third-order valence-corrected chi connectivity index (χ3v) is 5.64. The Labute approximate surface area is 158 Å². The van der Waals surface area contributed by atoms with Crippen LogP contribution in [0.2, 0.25) is 0 Å². The summed E-state index contributed by atoms with van der Waals surface area (Å²) >= 11 is 1.50. The molecule has 0 radical (unpaired) electrons. The molecular weight excluding hydrogens is 346 g/mol. The lowest BCUT2D eigenvalue weighted by Gasteiger charge is -2.08. The fourth-order valence-corrected chi connectivity index (χ4v) is 4.26. The van der Waals surface area contributed by atoms with Gasteiger partial charge in [0.25, 0.3) is 0 Å². The number of carbonyl (C=O) groups is 1. The molecule has 0 saturated heterocycles. The van der Waals surface area contributed by atoms with Crippen LogP contribution in [0.25, 0.3) is 11.0 Å². The highest BCUT2D eigenvalue weighted by Gasteiger charge is 2.17. The normalized spacial score (nSPS) is 11.4. The van der Waals surface area contributed by atoms with Crippen LogP contribution in [0, 0.1) is 13.8 Å². The summed E-state index contributed by atoms with van der Waals surface area (Å²) in [7, 11) is 1.69. The van der Waals surface area contributed by atoms with Crippen molar-refractivity contribution in [2.45, 2.75) is 39.0 Å². The van der Waals surface area contributed by atoms with E-state index in [-0.39, 0.29) is 5.78 Å². The number of imidazole rings is 1. The Morgan fingerprint density at radius 3 is 2.69 bits per heavy atom. The number of rotatable bonds is 8. The molecule has 2 aromatic heterocycles. The van der Waals surface area contributed by atoms with E-state index in [1.807, 2.05) is 38.1 Å². The molecule has 6 heteroatoms. The first-order valence-corrected chi connectivity index (χ1v) is 9.82. The number of nitrogens with zero attached hydrogens (tertiary/aromatic N) is 3. The maximum Gasteiger partial charge on any atom is 0.175 e. The molecule has 0 atom stereocenters. The summed E-state index contributed by atoms with van der Waals surface area (Å²) < 4.78 is 9.53. The van der Waals surface area contributed by atoms with Crippen LogP contribution in [0.5, 0.6) is 0 Å². The van der Waals surface area contributed by atoms with E-state index in [1.165, 1.54) is 11.8 Å². The van der Waals surface area contributed by atoms with E-state index >= 15 is 0 Å². The summed E-state index contributed by atoms with van der Waals surface area (Å²) in [6.45, 7) is 8.37. The van der Waals surface area contributed by atoms with E-state index in [1.54, 1.807) is 7.11 Å². The number of methoxy groups -OCH3 is 1. The molecule has 0 unspecified atom stereocenters. The molecule has 0 saturated carbocycles. The van der Waals surface area contributed by atoms with Crippen LogP contribution in [0.4, 0.5) is 0 Å². The number of aryl methyl sites for hydroxylation is 1. The van der Waals surface area contributed by atoms with Crippen LogP contribution in [0.1, 0.15) is 28.7 Å². The zero-order valence-corrected chi connectivity index (χ0v) is 16.6. The first-order chi connectivity index (χ1) is 12.6. The second-order valence-electron chi connectivity index (χ2n) is 6.27. The van der Waals surface area contributed by atoms with Crippen LogP contribution in [0.15, 0.2) is 35.5 Å². The standard InChI is InChI=1S/C20H25N3O2S/c1-5-22-14(2)12-16(15(22)3)19(24)13-26-20-21-17-8-6-7-9-18(17)23(20)10-11-25-4/h6-9,12H,5,10-11,13H2,1-4H3. The summed E-state index contributed by atoms with van der Waals surface area (Å²) in [4.78, 5) is 17.5. The average Bonchev–Trinajstić information content (AvgIpc) is 3.14. The highest BCUT2D eigenvalue weighted by atomic mass is 32.2. The minimum absolute atomic E-state index is 0.146. The molecule has 138 valence electrons. The van der Waals surface area contributed by atoms with E-state index < -0.39 is 0 Å². The van der Waals surface area contributed by atoms with E-state index in [2.05, 4.69) is 22.1 Å². The van der Waals surface area contributed by atoms with Gasteiger partial charge in [-0.25, -0.2) is 4.98 Å². The predicted octanol–water partition coefficient (Wildman–Crippen LogP) is 4.10. The molecule has 1 aromatic carbocycles. The Bertz CT molecular complexity index is 927. The largest absolute Gasteiger partial charge is 0.383 e. The van der Waals surface area contributed by atoms with Crippen molar-refractivity contribution in [3.63, 3.8) is 0 Å². The van der Waals surface area contributed by atoms with Gasteiger partial charge in [0.2, 0.25) is 0 Å². The van der Waals surface area contributed by atoms with Gasteiger partial charge in [-0.05, 0) is 39.0 Å². The van der Waals surface area contributed by atoms with Crippen molar-refractivity contribution in [2.24, 2.45) is 0 Å². The first-order valence-electron chi connectivity index (χ1n) is 8.83. The van der Waals surface area contributed by atoms with Crippen LogP contribution in [0.3, 0.4) is 0 Å². The van der Waals surface area contributed by atoms with E-state index in [0.29, 0.717) is 12.4 Å². The summed E-state index contributed by atoms with van der Waals surface area (Å²) in [5, 5.41) is 0.862. The zero-order chi connectivity index (χ0) is 18.7. The number of ketones is 1. The Hall–Kier alpha value is -2.05. The lowest BCUT2D eigenvalue weighted by molar-refractivity contribution is 0.102. The number of carbonyl (C=O) groups excluding carboxylic acids is 1. The topological polar surface area (TPSA) is 49.0 Å². The first kappa shape index (κ1) is 18.7. The minimum atomic E-state index is 0.146. The number of hydrogen-bond donors (Lipinski definition) is 0. The molecule has 0 bridgehead atoms. The lowest BCUT2D eigenvalue weighted by Crippen LogP contribution is -2.09. The van der Waals surface area contributed by atoms with Crippen LogP contribution in [-0.4, -0.2) is 39.4 Å². The highest BCUT2D eigenvalue weighted by Crippen LogP contribution is 2.26. The highest BCUT2D eigenvalue weighted by molar-refractivity contribution is 7.99. The third-order valence-electron chi connectivity index (χ3n) is 4.66. The molecule has 0 N–H and O–H groups in total. The van der Waals surface area contributed by atoms with E-state index in [0.717, 1.165) is 46.2 Å². The number of aromatic nitrogens is 3. The van der Waals surface area contributed by atoms with Crippen LogP contribution >= 0.6 is 11.8 Å². The van der Waals surface area contributed by atoms with Crippen molar-refractivity contribution in [2.75, 3.05) is 19.5 Å². The number of benzene rings is 1. The maximum atomic E-state index is 12.8. The molecule has 0 aliphatic rings. The van der Waals surface area contributed by atoms with Crippen molar-refractivity contribution in [1.29, 1.82) is 0 Å². The Balaban J connectivity index is 1.82. The van der Waals surface area contributed by atoms with Gasteiger partial charge >= 0.3 is 0 Å². The number of ether oxygens (including phenoxy) is 1. The number of para-hydroxylation sites is 2. The van der Waals surface area contributed by atoms with Gasteiger partial charge in [-0.3, -0.25) is 4.79 Å². The van der Waals surface area contributed by atoms with Gasteiger partial charge in [-0.15, -0.1) is 0 Å². The van der Waals surface area contributed by atoms with Crippen molar-refractivity contribution in [3.8, 4) is 0 Å². The van der Waals surface area contributed by atoms with Gasteiger partial charge in [0.05, 0.1) is 23.4 Å². The number of fused-ring (bicyclic) bond motifs is 1. The van der Waals surface area contributed by atoms with Gasteiger partial charge in [-0.1, -0.05) is 23.9 Å². The molecular formula is C20H25N3O2S. The van der Waals surface area contributed by atoms with Gasteiger partial charge in [0, 0.05) is 37.2 Å². The van der Waals surface area contributed by atoms with Gasteiger partial charge in [0.15, 0.2) is 10.9 Å². The fourth-order valence-electron chi connectivity index (χ4n) is 3.34. The Kier molecular flexibility index (Phi) is 5.84. The summed E-state index contributed by atoms with van der Waals surface area (Å²) in [5.41, 5.74) is 5.01. The van der Waals surface area contributed by atoms with Crippen molar-refractivity contribution in [3.05, 3.63) is 47.3 Å². The Morgan fingerprint density at radius 1 is 1.23 bits per heavy atom. The minimum Gasteiger partial charge on any atom is -0.383 e. The SMILES string of the molecule is CCn1c(C)cc(C(=O)CSc2nc3ccccc3n2CCOC)c1C. The molecule has 2 heterocycles. The van der Waals surface area contributed by atoms with E-state index in [4.69, 9.17) is 9.72 Å². The van der Waals surface area contributed by atoms with Gasteiger partial charge in [0.1, 0.15) is 0 Å². The average molecular weight is 372 g/mol. The monoisotopic (exact) mass is 371 g/mol. The second-order valence-corrected chi connectivity index (χ2v) is 7.21. The van der Waals surface area contributed by atoms with Gasteiger partial charge < -0.3 is 13.9 Å². The molecule has 3 rings (SSSR count). The van der Waals surface area contributed by atoms with Crippen LogP contribution < -0.4 is 0 Å². The molecule has 0 spiro atoms. The molecule has 0 amide bonds. The maximum absolute atomic E-state index is 12.8. The smallest absolute Gasteiger partial charge is 0.175 e. The zero-order valence-electron chi connectivity index (χ0n) is 15.8. The Morgan fingerprint density at radius 2 is 2.00 bits per heavy atom. The molecule has 0 aliphatic carbocycles. The van der Waals surface area contributed by atoms with Gasteiger partial charge in [-0.2, -0.15) is 0 Å². The number of Topliss-reactive ketones (excluding diaryl/α,β-unsaturated/α-hetero) is 1. The lowest BCUT2D eigenvalue weighted by atomic mass is 10.2.